The van der Waals surface area contributed by atoms with Crippen molar-refractivity contribution >= 4 is 29.2 Å². The monoisotopic (exact) mass is 447 g/mol. The number of methoxy groups -OCH3 is 1. The molecule has 0 radical (unpaired) electrons. The normalized spacial score (nSPS) is 14.8. The van der Waals surface area contributed by atoms with Crippen LogP contribution >= 0.6 is 23.2 Å². The van der Waals surface area contributed by atoms with Gasteiger partial charge in [0.25, 0.3) is 0 Å². The van der Waals surface area contributed by atoms with E-state index in [9.17, 15) is 15.2 Å². The van der Waals surface area contributed by atoms with Crippen molar-refractivity contribution in [1.82, 2.24) is 0 Å². The number of aliphatic carboxylic acids is 1. The summed E-state index contributed by atoms with van der Waals surface area (Å²) in [5, 5.41) is 20.4. The van der Waals surface area contributed by atoms with Gasteiger partial charge < -0.3 is 14.6 Å². The lowest BCUT2D eigenvalue weighted by Crippen LogP contribution is -2.51. The molecular formula is C23H23Cl2NO4. The number of rotatable bonds is 9. The molecule has 3 unspecified atom stereocenters. The Morgan fingerprint density at radius 1 is 1.13 bits per heavy atom. The Morgan fingerprint density at radius 3 is 2.27 bits per heavy atom. The molecule has 158 valence electrons. The van der Waals surface area contributed by atoms with Crippen LogP contribution in [0.3, 0.4) is 0 Å². The highest BCUT2D eigenvalue weighted by atomic mass is 35.5. The lowest BCUT2D eigenvalue weighted by molar-refractivity contribution is -0.162. The zero-order valence-corrected chi connectivity index (χ0v) is 18.4. The Hall–Kier alpha value is -2.52. The number of carboxylic acids is 1. The van der Waals surface area contributed by atoms with Crippen LogP contribution in [0, 0.1) is 22.7 Å². The Balaban J connectivity index is 2.60. The summed E-state index contributed by atoms with van der Waals surface area (Å²) in [7, 11) is 1.36. The van der Waals surface area contributed by atoms with Crippen molar-refractivity contribution in [1.29, 1.82) is 5.26 Å². The molecule has 7 heteroatoms. The van der Waals surface area contributed by atoms with Gasteiger partial charge in [-0.2, -0.15) is 5.26 Å². The van der Waals surface area contributed by atoms with Crippen molar-refractivity contribution in [3.05, 3.63) is 70.7 Å². The molecule has 0 saturated heterocycles. The van der Waals surface area contributed by atoms with Gasteiger partial charge in [0.05, 0.1) is 18.1 Å². The van der Waals surface area contributed by atoms with Gasteiger partial charge in [-0.05, 0) is 41.8 Å². The minimum Gasteiger partial charge on any atom is -0.481 e. The molecule has 30 heavy (non-hydrogen) atoms. The van der Waals surface area contributed by atoms with E-state index < -0.39 is 29.3 Å². The number of carbonyl (C=O) groups is 1. The first kappa shape index (κ1) is 23.8. The fraction of sp³-hybridized carbons (Fsp3) is 0.304. The first-order chi connectivity index (χ1) is 14.3. The molecule has 0 aliphatic carbocycles. The topological polar surface area (TPSA) is 79.5 Å². The van der Waals surface area contributed by atoms with E-state index in [1.807, 2.05) is 18.2 Å². The van der Waals surface area contributed by atoms with Gasteiger partial charge in [-0.3, -0.25) is 4.79 Å². The van der Waals surface area contributed by atoms with Crippen molar-refractivity contribution in [2.75, 3.05) is 7.11 Å². The van der Waals surface area contributed by atoms with Crippen LogP contribution in [-0.2, 0) is 9.53 Å². The van der Waals surface area contributed by atoms with Gasteiger partial charge in [-0.1, -0.05) is 67.4 Å². The molecule has 0 heterocycles. The summed E-state index contributed by atoms with van der Waals surface area (Å²) in [5.74, 6) is -1.63. The van der Waals surface area contributed by atoms with Crippen LogP contribution < -0.4 is 4.74 Å². The van der Waals surface area contributed by atoms with E-state index in [0.29, 0.717) is 17.1 Å². The van der Waals surface area contributed by atoms with Crippen molar-refractivity contribution in [2.24, 2.45) is 11.3 Å². The van der Waals surface area contributed by atoms with E-state index in [2.05, 4.69) is 6.07 Å². The standard InChI is InChI=1S/C23H23Cl2NO4/c1-15(2)23(22(27)28,20(29-3)13-21(24)25)19(14-26)16-8-7-11-18(12-16)30-17-9-5-4-6-10-17/h4-13,15,19-20H,1-3H3,(H,27,28). The van der Waals surface area contributed by atoms with Crippen LogP contribution in [0.2, 0.25) is 0 Å². The largest absolute Gasteiger partial charge is 0.481 e. The molecule has 1 N–H and O–H groups in total. The highest BCUT2D eigenvalue weighted by Crippen LogP contribution is 2.48. The number of benzene rings is 2. The lowest BCUT2D eigenvalue weighted by Gasteiger charge is -2.41. The van der Waals surface area contributed by atoms with Crippen LogP contribution in [0.15, 0.2) is 65.2 Å². The molecule has 0 aliphatic heterocycles. The quantitative estimate of drug-likeness (QED) is 0.498. The summed E-state index contributed by atoms with van der Waals surface area (Å²) in [5.41, 5.74) is -1.16. The minimum atomic E-state index is -1.65. The molecule has 5 nitrogen and oxygen atoms in total. The first-order valence-corrected chi connectivity index (χ1v) is 10.0. The van der Waals surface area contributed by atoms with Crippen LogP contribution in [0.5, 0.6) is 11.5 Å². The zero-order valence-electron chi connectivity index (χ0n) is 16.9. The average Bonchev–Trinajstić information content (AvgIpc) is 2.70. The molecule has 2 aromatic rings. The molecule has 0 amide bonds. The Bertz CT molecular complexity index is 936. The summed E-state index contributed by atoms with van der Waals surface area (Å²) in [6.45, 7) is 3.45. The highest BCUT2D eigenvalue weighted by molar-refractivity contribution is 6.55. The van der Waals surface area contributed by atoms with Gasteiger partial charge in [-0.25, -0.2) is 0 Å². The summed E-state index contributed by atoms with van der Waals surface area (Å²) in [4.78, 5) is 12.6. The number of ether oxygens (including phenoxy) is 2. The second-order valence-corrected chi connectivity index (χ2v) is 8.06. The first-order valence-electron chi connectivity index (χ1n) is 9.28. The predicted octanol–water partition coefficient (Wildman–Crippen LogP) is 6.15. The molecule has 0 bridgehead atoms. The number of hydrogen-bond donors (Lipinski definition) is 1. The number of hydrogen-bond acceptors (Lipinski definition) is 4. The van der Waals surface area contributed by atoms with Crippen molar-refractivity contribution < 1.29 is 19.4 Å². The smallest absolute Gasteiger partial charge is 0.314 e. The van der Waals surface area contributed by atoms with Gasteiger partial charge in [-0.15, -0.1) is 0 Å². The van der Waals surface area contributed by atoms with E-state index in [1.54, 1.807) is 50.2 Å². The number of nitrogens with zero attached hydrogens (tertiary/aromatic N) is 1. The number of halogens is 2. The third kappa shape index (κ3) is 4.96. The molecule has 2 rings (SSSR count). The van der Waals surface area contributed by atoms with E-state index in [0.717, 1.165) is 0 Å². The molecular weight excluding hydrogens is 425 g/mol. The lowest BCUT2D eigenvalue weighted by atomic mass is 9.62. The predicted molar refractivity (Wildman–Crippen MR) is 117 cm³/mol. The Morgan fingerprint density at radius 2 is 1.77 bits per heavy atom. The molecule has 0 aromatic heterocycles. The summed E-state index contributed by atoms with van der Waals surface area (Å²) >= 11 is 11.7. The van der Waals surface area contributed by atoms with Gasteiger partial charge in [0, 0.05) is 7.11 Å². The SMILES string of the molecule is COC(C=C(Cl)Cl)C(C(=O)O)(C(C)C)C(C#N)c1cccc(Oc2ccccc2)c1. The second-order valence-electron chi connectivity index (χ2n) is 7.06. The van der Waals surface area contributed by atoms with Crippen LogP contribution in [0.25, 0.3) is 0 Å². The maximum Gasteiger partial charge on any atom is 0.314 e. The van der Waals surface area contributed by atoms with Gasteiger partial charge in [0.15, 0.2) is 0 Å². The number of para-hydroxylation sites is 1. The fourth-order valence-corrected chi connectivity index (χ4v) is 3.90. The second kappa shape index (κ2) is 10.5. The van der Waals surface area contributed by atoms with Crippen LogP contribution in [0.4, 0.5) is 0 Å². The summed E-state index contributed by atoms with van der Waals surface area (Å²) < 4.78 is 11.2. The minimum absolute atomic E-state index is 0.133. The molecule has 3 atom stereocenters. The van der Waals surface area contributed by atoms with E-state index in [4.69, 9.17) is 32.7 Å². The molecule has 0 aliphatic rings. The molecule has 0 saturated carbocycles. The fourth-order valence-electron chi connectivity index (χ4n) is 3.67. The van der Waals surface area contributed by atoms with Gasteiger partial charge >= 0.3 is 5.97 Å². The van der Waals surface area contributed by atoms with Crippen molar-refractivity contribution in [2.45, 2.75) is 25.9 Å². The maximum atomic E-state index is 12.6. The van der Waals surface area contributed by atoms with E-state index >= 15 is 0 Å². The van der Waals surface area contributed by atoms with Crippen LogP contribution in [-0.4, -0.2) is 24.3 Å². The number of nitriles is 1. The summed E-state index contributed by atoms with van der Waals surface area (Å²) in [6, 6.07) is 18.2. The number of carboxylic acid groups (broad SMARTS) is 1. The molecule has 0 spiro atoms. The third-order valence-electron chi connectivity index (χ3n) is 5.10. The average molecular weight is 448 g/mol. The van der Waals surface area contributed by atoms with E-state index in [-0.39, 0.29) is 4.49 Å². The third-order valence-corrected chi connectivity index (χ3v) is 5.36. The molecule has 2 aromatic carbocycles. The maximum absolute atomic E-state index is 12.6. The van der Waals surface area contributed by atoms with Gasteiger partial charge in [0.1, 0.15) is 21.4 Å². The summed E-state index contributed by atoms with van der Waals surface area (Å²) in [6.07, 6.45) is 0.273. The van der Waals surface area contributed by atoms with Crippen LogP contribution in [0.1, 0.15) is 25.3 Å². The van der Waals surface area contributed by atoms with Crippen molar-refractivity contribution in [3.8, 4) is 17.6 Å². The highest BCUT2D eigenvalue weighted by Gasteiger charge is 2.55. The van der Waals surface area contributed by atoms with Gasteiger partial charge in [0.2, 0.25) is 0 Å². The Labute approximate surface area is 186 Å². The zero-order chi connectivity index (χ0) is 22.3. The van der Waals surface area contributed by atoms with E-state index in [1.165, 1.54) is 13.2 Å². The Kier molecular flexibility index (Phi) is 8.31. The molecule has 0 fully saturated rings. The van der Waals surface area contributed by atoms with Crippen molar-refractivity contribution in [3.63, 3.8) is 0 Å².